The van der Waals surface area contributed by atoms with Crippen molar-refractivity contribution in [1.29, 1.82) is 0 Å². The summed E-state index contributed by atoms with van der Waals surface area (Å²) < 4.78 is 31.7. The Labute approximate surface area is 230 Å². The fraction of sp³-hybridized carbons (Fsp3) is 0.600. The van der Waals surface area contributed by atoms with Gasteiger partial charge in [-0.1, -0.05) is 19.8 Å². The molecule has 214 valence electrons. The summed E-state index contributed by atoms with van der Waals surface area (Å²) in [6.45, 7) is 4.66. The molecule has 2 aromatic rings. The number of unbranched alkanes of at least 4 members (excludes halogenated alkanes) is 2. The van der Waals surface area contributed by atoms with Crippen molar-refractivity contribution in [1.82, 2.24) is 9.88 Å². The lowest BCUT2D eigenvalue weighted by atomic mass is 9.99. The molecule has 0 unspecified atom stereocenters. The molecule has 1 saturated heterocycles. The number of aromatic nitrogens is 1. The van der Waals surface area contributed by atoms with Gasteiger partial charge in [0, 0.05) is 49.1 Å². The summed E-state index contributed by atoms with van der Waals surface area (Å²) in [5.74, 6) is 0.366. The van der Waals surface area contributed by atoms with Crippen LogP contribution in [0.15, 0.2) is 18.2 Å². The Kier molecular flexibility index (Phi) is 10.4. The van der Waals surface area contributed by atoms with Crippen molar-refractivity contribution < 1.29 is 28.5 Å². The molecule has 2 aliphatic rings. The number of benzene rings is 1. The number of nitrogens with one attached hydrogen (secondary N) is 1. The first-order chi connectivity index (χ1) is 18.9. The van der Waals surface area contributed by atoms with E-state index in [-0.39, 0.29) is 11.9 Å². The van der Waals surface area contributed by atoms with E-state index in [1.807, 2.05) is 11.8 Å². The molecule has 1 fully saturated rings. The first-order valence-corrected chi connectivity index (χ1v) is 14.2. The molecule has 2 atom stereocenters. The largest absolute Gasteiger partial charge is 0.496 e. The summed E-state index contributed by atoms with van der Waals surface area (Å²) in [7, 11) is 3.09. The lowest BCUT2D eigenvalue weighted by molar-refractivity contribution is -0.143. The number of ether oxygens (including phenoxy) is 3. The second-order valence-corrected chi connectivity index (χ2v) is 10.5. The molecule has 1 aromatic heterocycles. The molecule has 0 saturated carbocycles. The van der Waals surface area contributed by atoms with Crippen LogP contribution in [0.25, 0.3) is 0 Å². The minimum atomic E-state index is -1.01. The zero-order valence-electron chi connectivity index (χ0n) is 23.4. The Morgan fingerprint density at radius 2 is 2.05 bits per heavy atom. The van der Waals surface area contributed by atoms with Crippen molar-refractivity contribution in [2.45, 2.75) is 76.9 Å². The van der Waals surface area contributed by atoms with E-state index in [9.17, 15) is 14.3 Å². The predicted molar refractivity (Wildman–Crippen MR) is 148 cm³/mol. The summed E-state index contributed by atoms with van der Waals surface area (Å²) in [6.07, 6.45) is 8.16. The minimum absolute atomic E-state index is 0.00781. The van der Waals surface area contributed by atoms with Gasteiger partial charge in [0.2, 0.25) is 0 Å². The average Bonchev–Trinajstić information content (AvgIpc) is 3.38. The summed E-state index contributed by atoms with van der Waals surface area (Å²) in [4.78, 5) is 19.0. The van der Waals surface area contributed by atoms with Gasteiger partial charge >= 0.3 is 5.97 Å². The Morgan fingerprint density at radius 1 is 1.21 bits per heavy atom. The summed E-state index contributed by atoms with van der Waals surface area (Å²) in [5.41, 5.74) is 3.37. The van der Waals surface area contributed by atoms with E-state index in [1.165, 1.54) is 18.7 Å². The molecule has 8 nitrogen and oxygen atoms in total. The standard InChI is InChI=1S/C30H42FN3O5/c1-4-9-20-16-24(28(38-3)25(31)17-20)27(30(35)36)34-14-12-22(19-34)39-15-7-5-6-10-21-18-26(37-2)23-11-8-13-32-29(23)33-21/h16-18,22,27H,4-15,19H2,1-3H3,(H,32,33)(H,35,36)/t22-,27-/m1/s1. The SMILES string of the molecule is CCCc1cc(F)c(OC)c([C@H](C(=O)O)N2CC[C@@H](OCCCCCc3cc(OC)c4c(n3)NCCC4)C2)c1. The summed E-state index contributed by atoms with van der Waals surface area (Å²) in [6, 6.07) is 4.31. The highest BCUT2D eigenvalue weighted by Gasteiger charge is 2.36. The van der Waals surface area contributed by atoms with E-state index in [0.29, 0.717) is 31.7 Å². The van der Waals surface area contributed by atoms with Crippen molar-refractivity contribution in [3.05, 3.63) is 46.4 Å². The van der Waals surface area contributed by atoms with Crippen LogP contribution in [0.2, 0.25) is 0 Å². The molecule has 0 amide bonds. The van der Waals surface area contributed by atoms with Gasteiger partial charge in [0.15, 0.2) is 11.6 Å². The molecule has 0 spiro atoms. The molecule has 9 heteroatoms. The maximum Gasteiger partial charge on any atom is 0.325 e. The quantitative estimate of drug-likeness (QED) is 0.315. The molecule has 39 heavy (non-hydrogen) atoms. The van der Waals surface area contributed by atoms with Crippen molar-refractivity contribution in [2.75, 3.05) is 45.8 Å². The van der Waals surface area contributed by atoms with Gasteiger partial charge in [-0.25, -0.2) is 9.37 Å². The number of anilines is 1. The number of fused-ring (bicyclic) bond motifs is 1. The number of aliphatic carboxylic acids is 1. The topological polar surface area (TPSA) is 93.2 Å². The molecule has 0 bridgehead atoms. The fourth-order valence-corrected chi connectivity index (χ4v) is 5.74. The molecule has 2 aliphatic heterocycles. The molecule has 1 aromatic carbocycles. The van der Waals surface area contributed by atoms with E-state index < -0.39 is 17.8 Å². The van der Waals surface area contributed by atoms with Crippen LogP contribution in [0, 0.1) is 5.82 Å². The van der Waals surface area contributed by atoms with Crippen molar-refractivity contribution in [3.8, 4) is 11.5 Å². The number of aryl methyl sites for hydroxylation is 2. The van der Waals surface area contributed by atoms with Gasteiger partial charge in [0.05, 0.1) is 20.3 Å². The lowest BCUT2D eigenvalue weighted by Gasteiger charge is -2.26. The van der Waals surface area contributed by atoms with Gasteiger partial charge in [-0.3, -0.25) is 9.69 Å². The lowest BCUT2D eigenvalue weighted by Crippen LogP contribution is -2.34. The monoisotopic (exact) mass is 543 g/mol. The summed E-state index contributed by atoms with van der Waals surface area (Å²) in [5, 5.41) is 13.5. The van der Waals surface area contributed by atoms with Crippen molar-refractivity contribution in [2.24, 2.45) is 0 Å². The molecular weight excluding hydrogens is 501 g/mol. The second kappa shape index (κ2) is 13.9. The maximum atomic E-state index is 14.7. The van der Waals surface area contributed by atoms with Gasteiger partial charge < -0.3 is 24.6 Å². The van der Waals surface area contributed by atoms with E-state index in [2.05, 4.69) is 11.4 Å². The van der Waals surface area contributed by atoms with Gasteiger partial charge in [0.1, 0.15) is 17.6 Å². The van der Waals surface area contributed by atoms with E-state index >= 15 is 0 Å². The van der Waals surface area contributed by atoms with Gasteiger partial charge in [-0.05, 0) is 62.6 Å². The fourth-order valence-electron chi connectivity index (χ4n) is 5.74. The zero-order chi connectivity index (χ0) is 27.8. The Morgan fingerprint density at radius 3 is 2.79 bits per heavy atom. The minimum Gasteiger partial charge on any atom is -0.496 e. The average molecular weight is 544 g/mol. The van der Waals surface area contributed by atoms with Crippen molar-refractivity contribution in [3.63, 3.8) is 0 Å². The van der Waals surface area contributed by atoms with Crippen LogP contribution >= 0.6 is 0 Å². The van der Waals surface area contributed by atoms with Crippen LogP contribution in [0.1, 0.15) is 73.9 Å². The summed E-state index contributed by atoms with van der Waals surface area (Å²) >= 11 is 0. The molecule has 0 aliphatic carbocycles. The Balaban J connectivity index is 1.26. The first-order valence-electron chi connectivity index (χ1n) is 14.2. The number of nitrogens with zero attached hydrogens (tertiary/aromatic N) is 2. The number of pyridine rings is 1. The van der Waals surface area contributed by atoms with E-state index in [0.717, 1.165) is 80.7 Å². The van der Waals surface area contributed by atoms with Gasteiger partial charge in [0.25, 0.3) is 0 Å². The number of carboxylic acids is 1. The highest BCUT2D eigenvalue weighted by atomic mass is 19.1. The molecular formula is C30H42FN3O5. The highest BCUT2D eigenvalue weighted by molar-refractivity contribution is 5.77. The van der Waals surface area contributed by atoms with Crippen LogP contribution in [0.3, 0.4) is 0 Å². The number of likely N-dealkylation sites (tertiary alicyclic amines) is 1. The molecule has 3 heterocycles. The second-order valence-electron chi connectivity index (χ2n) is 10.5. The molecule has 2 N–H and O–H groups in total. The predicted octanol–water partition coefficient (Wildman–Crippen LogP) is 5.18. The number of rotatable bonds is 14. The van der Waals surface area contributed by atoms with Crippen LogP contribution < -0.4 is 14.8 Å². The van der Waals surface area contributed by atoms with Crippen molar-refractivity contribution >= 4 is 11.8 Å². The van der Waals surface area contributed by atoms with E-state index in [1.54, 1.807) is 13.2 Å². The van der Waals surface area contributed by atoms with Gasteiger partial charge in [-0.2, -0.15) is 0 Å². The normalized spacial score (nSPS) is 17.9. The van der Waals surface area contributed by atoms with Gasteiger partial charge in [-0.15, -0.1) is 0 Å². The Hall–Kier alpha value is -2.91. The first kappa shape index (κ1) is 29.1. The van der Waals surface area contributed by atoms with Crippen LogP contribution in [0.4, 0.5) is 10.2 Å². The number of methoxy groups -OCH3 is 2. The molecule has 4 rings (SSSR count). The van der Waals surface area contributed by atoms with E-state index in [4.69, 9.17) is 19.2 Å². The number of hydrogen-bond donors (Lipinski definition) is 2. The number of carbonyl (C=O) groups is 1. The third-order valence-electron chi connectivity index (χ3n) is 7.63. The van der Waals surface area contributed by atoms with Crippen LogP contribution in [0.5, 0.6) is 11.5 Å². The maximum absolute atomic E-state index is 14.7. The molecule has 0 radical (unpaired) electrons. The highest BCUT2D eigenvalue weighted by Crippen LogP contribution is 2.36. The number of halogens is 1. The third-order valence-corrected chi connectivity index (χ3v) is 7.63. The number of carboxylic acid groups (broad SMARTS) is 1. The Bertz CT molecular complexity index is 1110. The van der Waals surface area contributed by atoms with Crippen LogP contribution in [-0.2, 0) is 28.8 Å². The third kappa shape index (κ3) is 7.19. The smallest absolute Gasteiger partial charge is 0.325 e. The number of hydrogen-bond acceptors (Lipinski definition) is 7. The van der Waals surface area contributed by atoms with Crippen LogP contribution in [-0.4, -0.2) is 67.5 Å². The zero-order valence-corrected chi connectivity index (χ0v) is 23.4.